The molecule has 0 radical (unpaired) electrons. The van der Waals surface area contributed by atoms with E-state index in [-0.39, 0.29) is 41.6 Å². The van der Waals surface area contributed by atoms with Gasteiger partial charge in [0.05, 0.1) is 29.8 Å². The van der Waals surface area contributed by atoms with Crippen molar-refractivity contribution in [1.82, 2.24) is 20.4 Å². The molecular weight excluding hydrogens is 476 g/mol. The largest absolute Gasteiger partial charge is 0.352 e. The summed E-state index contributed by atoms with van der Waals surface area (Å²) in [4.78, 5) is 25.8. The van der Waals surface area contributed by atoms with Crippen molar-refractivity contribution in [2.24, 2.45) is 0 Å². The van der Waals surface area contributed by atoms with Crippen molar-refractivity contribution >= 4 is 27.3 Å². The number of aryl methyl sites for hydroxylation is 2. The van der Waals surface area contributed by atoms with Gasteiger partial charge >= 0.3 is 0 Å². The number of nitrogens with one attached hydrogen (secondary N) is 2. The fraction of sp³-hybridized carbons (Fsp3) is 0.292. The van der Waals surface area contributed by atoms with Gasteiger partial charge in [0.15, 0.2) is 9.84 Å². The van der Waals surface area contributed by atoms with Gasteiger partial charge in [0.2, 0.25) is 5.91 Å². The Bertz CT molecular complexity index is 1320. The second-order valence-electron chi connectivity index (χ2n) is 7.86. The number of carbonyl (C=O) groups is 1. The van der Waals surface area contributed by atoms with Crippen LogP contribution in [0.25, 0.3) is 0 Å². The number of aromatic nitrogens is 2. The lowest BCUT2D eigenvalue weighted by molar-refractivity contribution is -0.120. The molecular formula is C24H27ClN4O4S. The SMILES string of the molecule is CNCc1ccc(Cl)cc1CNC(=O)Cc1c(C)cnn(CCS(=O)(=O)c2ccccc2)c1=O. The summed E-state index contributed by atoms with van der Waals surface area (Å²) in [6.45, 7) is 2.48. The van der Waals surface area contributed by atoms with Crippen LogP contribution in [-0.4, -0.2) is 36.9 Å². The van der Waals surface area contributed by atoms with Crippen LogP contribution in [0.1, 0.15) is 22.3 Å². The standard InChI is InChI=1S/C24H27ClN4O4S/c1-17-14-28-29(10-11-34(32,33)21-6-4-3-5-7-21)24(31)22(17)13-23(30)27-16-19-12-20(25)9-8-18(19)15-26-2/h3-9,12,14,26H,10-11,13,15-16H2,1-2H3,(H,27,30). The van der Waals surface area contributed by atoms with Crippen LogP contribution in [0.15, 0.2) is 64.4 Å². The van der Waals surface area contributed by atoms with E-state index < -0.39 is 15.4 Å². The van der Waals surface area contributed by atoms with Crippen LogP contribution in [-0.2, 0) is 40.7 Å². The van der Waals surface area contributed by atoms with Crippen molar-refractivity contribution in [3.63, 3.8) is 0 Å². The Morgan fingerprint density at radius 3 is 2.53 bits per heavy atom. The Morgan fingerprint density at radius 2 is 1.82 bits per heavy atom. The minimum atomic E-state index is -3.57. The highest BCUT2D eigenvalue weighted by atomic mass is 35.5. The minimum Gasteiger partial charge on any atom is -0.352 e. The molecule has 3 rings (SSSR count). The predicted octanol–water partition coefficient (Wildman–Crippen LogP) is 2.26. The number of amides is 1. The number of sulfone groups is 1. The third kappa shape index (κ3) is 6.53. The molecule has 1 amide bonds. The van der Waals surface area contributed by atoms with Gasteiger partial charge in [-0.3, -0.25) is 9.59 Å². The van der Waals surface area contributed by atoms with Crippen LogP contribution in [0.2, 0.25) is 5.02 Å². The van der Waals surface area contributed by atoms with E-state index in [1.165, 1.54) is 18.3 Å². The molecule has 0 aliphatic rings. The molecule has 2 N–H and O–H groups in total. The van der Waals surface area contributed by atoms with Gasteiger partial charge in [-0.15, -0.1) is 0 Å². The Balaban J connectivity index is 1.70. The molecule has 34 heavy (non-hydrogen) atoms. The Labute approximate surface area is 203 Å². The first kappa shape index (κ1) is 25.6. The van der Waals surface area contributed by atoms with Crippen LogP contribution < -0.4 is 16.2 Å². The molecule has 0 atom stereocenters. The molecule has 1 heterocycles. The average molecular weight is 503 g/mol. The molecule has 1 aromatic heterocycles. The summed E-state index contributed by atoms with van der Waals surface area (Å²) >= 11 is 6.09. The molecule has 3 aromatic rings. The van der Waals surface area contributed by atoms with Gasteiger partial charge in [0.25, 0.3) is 5.56 Å². The van der Waals surface area contributed by atoms with Gasteiger partial charge < -0.3 is 10.6 Å². The second kappa shape index (κ2) is 11.4. The lowest BCUT2D eigenvalue weighted by atomic mass is 10.1. The van der Waals surface area contributed by atoms with E-state index in [0.717, 1.165) is 15.8 Å². The highest BCUT2D eigenvalue weighted by molar-refractivity contribution is 7.91. The van der Waals surface area contributed by atoms with Gasteiger partial charge in [-0.1, -0.05) is 35.9 Å². The smallest absolute Gasteiger partial charge is 0.270 e. The van der Waals surface area contributed by atoms with E-state index in [9.17, 15) is 18.0 Å². The normalized spacial score (nSPS) is 11.4. The zero-order valence-corrected chi connectivity index (χ0v) is 20.6. The summed E-state index contributed by atoms with van der Waals surface area (Å²) < 4.78 is 26.2. The molecule has 0 aliphatic heterocycles. The molecule has 8 nitrogen and oxygen atoms in total. The summed E-state index contributed by atoms with van der Waals surface area (Å²) in [6, 6.07) is 13.5. The summed E-state index contributed by atoms with van der Waals surface area (Å²) in [6.07, 6.45) is 1.34. The quantitative estimate of drug-likeness (QED) is 0.440. The maximum atomic E-state index is 12.9. The van der Waals surface area contributed by atoms with E-state index in [0.29, 0.717) is 17.1 Å². The molecule has 0 saturated carbocycles. The fourth-order valence-corrected chi connectivity index (χ4v) is 4.89. The lowest BCUT2D eigenvalue weighted by Gasteiger charge is -2.13. The van der Waals surface area contributed by atoms with Crippen LogP contribution in [0.5, 0.6) is 0 Å². The van der Waals surface area contributed by atoms with Crippen LogP contribution in [0, 0.1) is 6.92 Å². The summed E-state index contributed by atoms with van der Waals surface area (Å²) in [5.41, 5.74) is 2.27. The van der Waals surface area contributed by atoms with E-state index in [2.05, 4.69) is 15.7 Å². The first-order valence-corrected chi connectivity index (χ1v) is 12.8. The van der Waals surface area contributed by atoms with Gasteiger partial charge in [-0.05, 0) is 54.9 Å². The van der Waals surface area contributed by atoms with Crippen molar-refractivity contribution in [2.75, 3.05) is 12.8 Å². The third-order valence-corrected chi connectivity index (χ3v) is 7.33. The molecule has 0 saturated heterocycles. The molecule has 0 bridgehead atoms. The number of hydrogen-bond acceptors (Lipinski definition) is 6. The molecule has 0 fully saturated rings. The number of halogens is 1. The van der Waals surface area contributed by atoms with E-state index in [4.69, 9.17) is 11.6 Å². The lowest BCUT2D eigenvalue weighted by Crippen LogP contribution is -2.33. The molecule has 0 spiro atoms. The average Bonchev–Trinajstić information content (AvgIpc) is 2.82. The van der Waals surface area contributed by atoms with Crippen molar-refractivity contribution in [1.29, 1.82) is 0 Å². The fourth-order valence-electron chi connectivity index (χ4n) is 3.48. The second-order valence-corrected chi connectivity index (χ2v) is 10.4. The Morgan fingerprint density at radius 1 is 1.09 bits per heavy atom. The highest BCUT2D eigenvalue weighted by Crippen LogP contribution is 2.16. The molecule has 2 aromatic carbocycles. The number of nitrogens with zero attached hydrogens (tertiary/aromatic N) is 2. The maximum Gasteiger partial charge on any atom is 0.270 e. The predicted molar refractivity (Wildman–Crippen MR) is 131 cm³/mol. The highest BCUT2D eigenvalue weighted by Gasteiger charge is 2.17. The third-order valence-electron chi connectivity index (χ3n) is 5.38. The molecule has 10 heteroatoms. The van der Waals surface area contributed by atoms with Crippen LogP contribution >= 0.6 is 11.6 Å². The van der Waals surface area contributed by atoms with E-state index in [1.54, 1.807) is 37.3 Å². The van der Waals surface area contributed by atoms with E-state index in [1.807, 2.05) is 13.1 Å². The number of hydrogen-bond donors (Lipinski definition) is 2. The summed E-state index contributed by atoms with van der Waals surface area (Å²) in [7, 11) is -1.74. The van der Waals surface area contributed by atoms with Gasteiger partial charge in [0, 0.05) is 23.7 Å². The van der Waals surface area contributed by atoms with Gasteiger partial charge in [-0.2, -0.15) is 5.10 Å². The minimum absolute atomic E-state index is 0.110. The Hall–Kier alpha value is -3.01. The first-order chi connectivity index (χ1) is 16.2. The molecule has 180 valence electrons. The van der Waals surface area contributed by atoms with Crippen molar-refractivity contribution < 1.29 is 13.2 Å². The summed E-state index contributed by atoms with van der Waals surface area (Å²) in [5, 5.41) is 10.5. The van der Waals surface area contributed by atoms with Crippen molar-refractivity contribution in [3.05, 3.63) is 92.4 Å². The van der Waals surface area contributed by atoms with Crippen molar-refractivity contribution in [3.8, 4) is 0 Å². The zero-order valence-electron chi connectivity index (χ0n) is 19.0. The van der Waals surface area contributed by atoms with E-state index >= 15 is 0 Å². The first-order valence-electron chi connectivity index (χ1n) is 10.7. The molecule has 0 unspecified atom stereocenters. The van der Waals surface area contributed by atoms with Gasteiger partial charge in [0.1, 0.15) is 0 Å². The number of benzene rings is 2. The zero-order chi connectivity index (χ0) is 24.7. The summed E-state index contributed by atoms with van der Waals surface area (Å²) in [5.74, 6) is -0.605. The number of carbonyl (C=O) groups excluding carboxylic acids is 1. The van der Waals surface area contributed by atoms with Crippen LogP contribution in [0.4, 0.5) is 0 Å². The molecule has 0 aliphatic carbocycles. The number of rotatable bonds is 10. The van der Waals surface area contributed by atoms with Crippen LogP contribution in [0.3, 0.4) is 0 Å². The van der Waals surface area contributed by atoms with Crippen molar-refractivity contribution in [2.45, 2.75) is 37.9 Å². The Kier molecular flexibility index (Phi) is 8.60. The van der Waals surface area contributed by atoms with Gasteiger partial charge in [-0.25, -0.2) is 13.1 Å². The maximum absolute atomic E-state index is 12.9. The monoisotopic (exact) mass is 502 g/mol. The topological polar surface area (TPSA) is 110 Å².